The van der Waals surface area contributed by atoms with Crippen LogP contribution < -0.4 is 5.56 Å². The van der Waals surface area contributed by atoms with Crippen LogP contribution in [0.4, 0.5) is 0 Å². The Kier molecular flexibility index (Phi) is 1.70. The number of nitrogens with one attached hydrogen (secondary N) is 2. The molecular weight excluding hydrogens is 168 g/mol. The number of nitrogens with zero attached hydrogens (tertiary/aromatic N) is 2. The Bertz CT molecular complexity index is 457. The molecule has 0 aliphatic rings. The Morgan fingerprint density at radius 2 is 2.31 bits per heavy atom. The molecule has 2 N–H and O–H groups in total. The molecule has 13 heavy (non-hydrogen) atoms. The smallest absolute Gasteiger partial charge is 0.248 e. The molecule has 0 unspecified atom stereocenters. The second kappa shape index (κ2) is 2.85. The van der Waals surface area contributed by atoms with Crippen molar-refractivity contribution < 1.29 is 0 Å². The van der Waals surface area contributed by atoms with E-state index >= 15 is 0 Å². The molecule has 0 aromatic carbocycles. The summed E-state index contributed by atoms with van der Waals surface area (Å²) in [6.45, 7) is 1.90. The number of hydrogen-bond donors (Lipinski definition) is 2. The van der Waals surface area contributed by atoms with Crippen molar-refractivity contribution in [2.75, 3.05) is 0 Å². The number of H-pyrrole nitrogens is 2. The van der Waals surface area contributed by atoms with E-state index in [0.29, 0.717) is 5.69 Å². The lowest BCUT2D eigenvalue weighted by atomic mass is 10.1. The molecule has 5 heteroatoms. The summed E-state index contributed by atoms with van der Waals surface area (Å²) in [7, 11) is 0. The van der Waals surface area contributed by atoms with E-state index in [1.54, 1.807) is 12.4 Å². The zero-order valence-corrected chi connectivity index (χ0v) is 7.03. The number of hydrogen-bond acceptors (Lipinski definition) is 3. The molecule has 0 bridgehead atoms. The summed E-state index contributed by atoms with van der Waals surface area (Å²) in [5, 5.41) is 10.1. The monoisotopic (exact) mass is 176 g/mol. The van der Waals surface area contributed by atoms with Gasteiger partial charge in [0.2, 0.25) is 5.56 Å². The molecule has 66 valence electrons. The quantitative estimate of drug-likeness (QED) is 0.663. The Morgan fingerprint density at radius 3 is 3.00 bits per heavy atom. The fourth-order valence-electron chi connectivity index (χ4n) is 1.15. The molecule has 0 aliphatic heterocycles. The van der Waals surface area contributed by atoms with Gasteiger partial charge in [-0.1, -0.05) is 0 Å². The Labute approximate surface area is 73.8 Å². The van der Waals surface area contributed by atoms with Gasteiger partial charge in [0.25, 0.3) is 0 Å². The molecule has 0 saturated heterocycles. The average Bonchev–Trinajstić information content (AvgIpc) is 2.61. The van der Waals surface area contributed by atoms with Crippen LogP contribution in [0, 0.1) is 6.92 Å². The van der Waals surface area contributed by atoms with Gasteiger partial charge in [-0.3, -0.25) is 4.79 Å². The molecule has 2 aromatic heterocycles. The van der Waals surface area contributed by atoms with Gasteiger partial charge in [-0.2, -0.15) is 15.4 Å². The fourth-order valence-corrected chi connectivity index (χ4v) is 1.15. The SMILES string of the molecule is Cc1c[nH]c(=O)cc1-c1cn[nH]n1. The highest BCUT2D eigenvalue weighted by Gasteiger charge is 2.04. The third kappa shape index (κ3) is 1.35. The van der Waals surface area contributed by atoms with E-state index in [9.17, 15) is 4.79 Å². The van der Waals surface area contributed by atoms with Crippen LogP contribution in [-0.2, 0) is 0 Å². The molecular formula is C8H8N4O. The predicted octanol–water partition coefficient (Wildman–Crippen LogP) is 0.468. The summed E-state index contributed by atoms with van der Waals surface area (Å²) in [6.07, 6.45) is 3.24. The molecule has 0 fully saturated rings. The van der Waals surface area contributed by atoms with Crippen LogP contribution in [0.5, 0.6) is 0 Å². The van der Waals surface area contributed by atoms with Crippen molar-refractivity contribution in [3.8, 4) is 11.3 Å². The third-order valence-electron chi connectivity index (χ3n) is 1.82. The first-order chi connectivity index (χ1) is 6.27. The highest BCUT2D eigenvalue weighted by Crippen LogP contribution is 2.16. The van der Waals surface area contributed by atoms with E-state index in [2.05, 4.69) is 20.4 Å². The van der Waals surface area contributed by atoms with E-state index < -0.39 is 0 Å². The van der Waals surface area contributed by atoms with Crippen molar-refractivity contribution in [2.24, 2.45) is 0 Å². The first-order valence-corrected chi connectivity index (χ1v) is 3.83. The summed E-state index contributed by atoms with van der Waals surface area (Å²) < 4.78 is 0. The van der Waals surface area contributed by atoms with Crippen LogP contribution in [0.2, 0.25) is 0 Å². The van der Waals surface area contributed by atoms with Crippen molar-refractivity contribution in [3.05, 3.63) is 34.4 Å². The highest BCUT2D eigenvalue weighted by molar-refractivity contribution is 5.60. The molecule has 2 rings (SSSR count). The van der Waals surface area contributed by atoms with Crippen LogP contribution >= 0.6 is 0 Å². The zero-order chi connectivity index (χ0) is 9.26. The minimum atomic E-state index is -0.136. The minimum Gasteiger partial charge on any atom is -0.329 e. The van der Waals surface area contributed by atoms with Crippen molar-refractivity contribution in [3.63, 3.8) is 0 Å². The zero-order valence-electron chi connectivity index (χ0n) is 7.03. The Hall–Kier alpha value is -1.91. The molecule has 5 nitrogen and oxygen atoms in total. The van der Waals surface area contributed by atoms with Crippen LogP contribution in [-0.4, -0.2) is 20.4 Å². The van der Waals surface area contributed by atoms with Gasteiger partial charge >= 0.3 is 0 Å². The Morgan fingerprint density at radius 1 is 1.46 bits per heavy atom. The highest BCUT2D eigenvalue weighted by atomic mass is 16.1. The summed E-state index contributed by atoms with van der Waals surface area (Å²) in [6, 6.07) is 1.51. The second-order valence-electron chi connectivity index (χ2n) is 2.75. The van der Waals surface area contributed by atoms with Gasteiger partial charge in [0, 0.05) is 17.8 Å². The Balaban J connectivity index is 2.64. The van der Waals surface area contributed by atoms with Crippen molar-refractivity contribution in [1.29, 1.82) is 0 Å². The van der Waals surface area contributed by atoms with E-state index in [0.717, 1.165) is 11.1 Å². The van der Waals surface area contributed by atoms with Crippen LogP contribution in [0.3, 0.4) is 0 Å². The van der Waals surface area contributed by atoms with Gasteiger partial charge in [-0.25, -0.2) is 0 Å². The molecule has 2 aromatic rings. The molecule has 0 saturated carbocycles. The summed E-state index contributed by atoms with van der Waals surface area (Å²) in [4.78, 5) is 13.6. The number of aromatic amines is 2. The lowest BCUT2D eigenvalue weighted by molar-refractivity contribution is 0.941. The van der Waals surface area contributed by atoms with Gasteiger partial charge in [0.05, 0.1) is 6.20 Å². The fraction of sp³-hybridized carbons (Fsp3) is 0.125. The van der Waals surface area contributed by atoms with Crippen molar-refractivity contribution in [1.82, 2.24) is 20.4 Å². The summed E-state index contributed by atoms with van der Waals surface area (Å²) in [5.41, 5.74) is 2.32. The van der Waals surface area contributed by atoms with Crippen LogP contribution in [0.1, 0.15) is 5.56 Å². The maximum Gasteiger partial charge on any atom is 0.248 e. The third-order valence-corrected chi connectivity index (χ3v) is 1.82. The van der Waals surface area contributed by atoms with Crippen LogP contribution in [0.15, 0.2) is 23.3 Å². The average molecular weight is 176 g/mol. The van der Waals surface area contributed by atoms with Gasteiger partial charge in [-0.15, -0.1) is 0 Å². The van der Waals surface area contributed by atoms with Crippen molar-refractivity contribution >= 4 is 0 Å². The molecule has 0 atom stereocenters. The maximum absolute atomic E-state index is 11.0. The largest absolute Gasteiger partial charge is 0.329 e. The van der Waals surface area contributed by atoms with Gasteiger partial charge in [-0.05, 0) is 12.5 Å². The second-order valence-corrected chi connectivity index (χ2v) is 2.75. The number of aromatic nitrogens is 4. The number of aryl methyl sites for hydroxylation is 1. The standard InChI is InChI=1S/C8H8N4O/c1-5-3-9-8(13)2-6(5)7-4-10-12-11-7/h2-4H,1H3,(H,9,13)(H,10,11,12). The lowest BCUT2D eigenvalue weighted by Gasteiger charge is -1.98. The summed E-state index contributed by atoms with van der Waals surface area (Å²) >= 11 is 0. The molecule has 0 spiro atoms. The van der Waals surface area contributed by atoms with Crippen LogP contribution in [0.25, 0.3) is 11.3 Å². The van der Waals surface area contributed by atoms with Gasteiger partial charge < -0.3 is 4.98 Å². The minimum absolute atomic E-state index is 0.136. The molecule has 0 radical (unpaired) electrons. The topological polar surface area (TPSA) is 74.4 Å². The van der Waals surface area contributed by atoms with E-state index in [4.69, 9.17) is 0 Å². The van der Waals surface area contributed by atoms with Gasteiger partial charge in [0.1, 0.15) is 5.69 Å². The molecule has 2 heterocycles. The first-order valence-electron chi connectivity index (χ1n) is 3.83. The molecule has 0 amide bonds. The number of pyridine rings is 1. The first kappa shape index (κ1) is 7.72. The summed E-state index contributed by atoms with van der Waals surface area (Å²) in [5.74, 6) is 0. The maximum atomic E-state index is 11.0. The van der Waals surface area contributed by atoms with Crippen molar-refractivity contribution in [2.45, 2.75) is 6.92 Å². The van der Waals surface area contributed by atoms with E-state index in [-0.39, 0.29) is 5.56 Å². The number of rotatable bonds is 1. The predicted molar refractivity (Wildman–Crippen MR) is 47.2 cm³/mol. The van der Waals surface area contributed by atoms with E-state index in [1.165, 1.54) is 6.07 Å². The lowest BCUT2D eigenvalue weighted by Crippen LogP contribution is -2.04. The molecule has 0 aliphatic carbocycles. The van der Waals surface area contributed by atoms with Gasteiger partial charge in [0.15, 0.2) is 0 Å². The normalized spacial score (nSPS) is 10.2. The van der Waals surface area contributed by atoms with E-state index in [1.807, 2.05) is 6.92 Å².